The average Bonchev–Trinajstić information content (AvgIpc) is 2.18. The molecule has 1 fully saturated rings. The molecule has 3 nitrogen and oxygen atoms in total. The largest absolute Gasteiger partial charge is 0.411 e. The number of alkyl halides is 3. The lowest BCUT2D eigenvalue weighted by Crippen LogP contribution is -2.27. The summed E-state index contributed by atoms with van der Waals surface area (Å²) in [7, 11) is 0. The van der Waals surface area contributed by atoms with Crippen LogP contribution in [0.4, 0.5) is 13.2 Å². The summed E-state index contributed by atoms with van der Waals surface area (Å²) < 4.78 is 44.7. The molecule has 1 aliphatic heterocycles. The van der Waals surface area contributed by atoms with Crippen molar-refractivity contribution in [2.75, 3.05) is 26.4 Å². The fraction of sp³-hybridized carbons (Fsp3) is 0.900. The van der Waals surface area contributed by atoms with Gasteiger partial charge in [0.1, 0.15) is 12.4 Å². The Morgan fingerprint density at radius 3 is 2.81 bits per heavy atom. The first-order valence-electron chi connectivity index (χ1n) is 5.24. The minimum atomic E-state index is -4.27. The lowest BCUT2D eigenvalue weighted by molar-refractivity contribution is -0.174. The SMILES string of the molecule is O=C1CCOCC1CCCOCC(F)(F)F. The molecule has 1 heterocycles. The molecule has 0 radical (unpaired) electrons. The van der Waals surface area contributed by atoms with Gasteiger partial charge in [0.25, 0.3) is 0 Å². The lowest BCUT2D eigenvalue weighted by Gasteiger charge is -2.20. The number of ether oxygens (including phenoxy) is 2. The maximum atomic E-state index is 11.7. The van der Waals surface area contributed by atoms with Gasteiger partial charge in [0.2, 0.25) is 0 Å². The first-order chi connectivity index (χ1) is 7.49. The van der Waals surface area contributed by atoms with E-state index in [1.165, 1.54) is 0 Å². The van der Waals surface area contributed by atoms with E-state index in [1.807, 2.05) is 0 Å². The highest BCUT2D eigenvalue weighted by Crippen LogP contribution is 2.17. The Bertz CT molecular complexity index is 228. The molecule has 16 heavy (non-hydrogen) atoms. The van der Waals surface area contributed by atoms with Crippen molar-refractivity contribution in [2.24, 2.45) is 5.92 Å². The topological polar surface area (TPSA) is 35.5 Å². The van der Waals surface area contributed by atoms with Crippen molar-refractivity contribution in [3.05, 3.63) is 0 Å². The monoisotopic (exact) mass is 240 g/mol. The van der Waals surface area contributed by atoms with Crippen molar-refractivity contribution >= 4 is 5.78 Å². The summed E-state index contributed by atoms with van der Waals surface area (Å²) >= 11 is 0. The molecule has 1 rings (SSSR count). The van der Waals surface area contributed by atoms with Crippen LogP contribution in [0.1, 0.15) is 19.3 Å². The van der Waals surface area contributed by atoms with Gasteiger partial charge in [0.05, 0.1) is 13.2 Å². The smallest absolute Gasteiger partial charge is 0.380 e. The van der Waals surface area contributed by atoms with Crippen LogP contribution in [0.25, 0.3) is 0 Å². The van der Waals surface area contributed by atoms with E-state index in [4.69, 9.17) is 4.74 Å². The Morgan fingerprint density at radius 2 is 2.19 bits per heavy atom. The zero-order valence-corrected chi connectivity index (χ0v) is 8.89. The van der Waals surface area contributed by atoms with E-state index in [9.17, 15) is 18.0 Å². The first kappa shape index (κ1) is 13.4. The second-order valence-corrected chi connectivity index (χ2v) is 3.80. The molecule has 0 N–H and O–H groups in total. The molecule has 0 bridgehead atoms. The van der Waals surface area contributed by atoms with Gasteiger partial charge in [0, 0.05) is 18.9 Å². The molecule has 94 valence electrons. The van der Waals surface area contributed by atoms with Crippen LogP contribution in [0.3, 0.4) is 0 Å². The van der Waals surface area contributed by atoms with E-state index in [1.54, 1.807) is 0 Å². The summed E-state index contributed by atoms with van der Waals surface area (Å²) in [6.07, 6.45) is -2.87. The van der Waals surface area contributed by atoms with Crippen LogP contribution < -0.4 is 0 Å². The molecule has 0 aromatic carbocycles. The van der Waals surface area contributed by atoms with Gasteiger partial charge in [-0.1, -0.05) is 0 Å². The summed E-state index contributed by atoms with van der Waals surface area (Å²) in [5.74, 6) is -0.0229. The Labute approximate surface area is 91.9 Å². The van der Waals surface area contributed by atoms with E-state index < -0.39 is 12.8 Å². The number of carbonyl (C=O) groups excluding carboxylic acids is 1. The van der Waals surface area contributed by atoms with Crippen LogP contribution in [0, 0.1) is 5.92 Å². The maximum absolute atomic E-state index is 11.7. The normalized spacial score (nSPS) is 22.4. The quantitative estimate of drug-likeness (QED) is 0.689. The molecular weight excluding hydrogens is 225 g/mol. The summed E-state index contributed by atoms with van der Waals surface area (Å²) in [5, 5.41) is 0. The third kappa shape index (κ3) is 5.46. The Kier molecular flexibility index (Phi) is 5.21. The molecule has 0 aliphatic carbocycles. The Hall–Kier alpha value is -0.620. The Morgan fingerprint density at radius 1 is 1.44 bits per heavy atom. The van der Waals surface area contributed by atoms with E-state index >= 15 is 0 Å². The molecule has 0 amide bonds. The lowest BCUT2D eigenvalue weighted by atomic mass is 9.96. The van der Waals surface area contributed by atoms with Gasteiger partial charge >= 0.3 is 6.18 Å². The van der Waals surface area contributed by atoms with E-state index in [0.717, 1.165) is 0 Å². The third-order valence-electron chi connectivity index (χ3n) is 2.37. The van der Waals surface area contributed by atoms with Crippen LogP contribution >= 0.6 is 0 Å². The zero-order valence-electron chi connectivity index (χ0n) is 8.89. The number of Topliss-reactive ketones (excluding diaryl/α,β-unsaturated/α-hetero) is 1. The predicted octanol–water partition coefficient (Wildman–Crippen LogP) is 1.95. The summed E-state index contributed by atoms with van der Waals surface area (Å²) in [5.41, 5.74) is 0. The molecule has 1 atom stereocenters. The maximum Gasteiger partial charge on any atom is 0.411 e. The van der Waals surface area contributed by atoms with Crippen LogP contribution in [-0.2, 0) is 14.3 Å². The van der Waals surface area contributed by atoms with Crippen LogP contribution in [0.15, 0.2) is 0 Å². The van der Waals surface area contributed by atoms with Gasteiger partial charge in [-0.2, -0.15) is 13.2 Å². The number of hydrogen-bond acceptors (Lipinski definition) is 3. The second kappa shape index (κ2) is 6.20. The highest BCUT2D eigenvalue weighted by molar-refractivity contribution is 5.81. The van der Waals surface area contributed by atoms with Gasteiger partial charge in [0.15, 0.2) is 0 Å². The molecule has 1 aliphatic rings. The van der Waals surface area contributed by atoms with E-state index in [2.05, 4.69) is 4.74 Å². The summed E-state index contributed by atoms with van der Waals surface area (Å²) in [6, 6.07) is 0. The average molecular weight is 240 g/mol. The van der Waals surface area contributed by atoms with Gasteiger partial charge in [-0.15, -0.1) is 0 Å². The molecule has 0 saturated carbocycles. The minimum absolute atomic E-state index is 0.0310. The summed E-state index contributed by atoms with van der Waals surface area (Å²) in [6.45, 7) is -0.344. The number of halogens is 3. The van der Waals surface area contributed by atoms with Crippen molar-refractivity contribution in [1.29, 1.82) is 0 Å². The van der Waals surface area contributed by atoms with Crippen LogP contribution in [-0.4, -0.2) is 38.4 Å². The molecule has 6 heteroatoms. The highest BCUT2D eigenvalue weighted by atomic mass is 19.4. The van der Waals surface area contributed by atoms with Crippen molar-refractivity contribution in [3.8, 4) is 0 Å². The van der Waals surface area contributed by atoms with Crippen molar-refractivity contribution in [2.45, 2.75) is 25.4 Å². The van der Waals surface area contributed by atoms with E-state index in [-0.39, 0.29) is 18.3 Å². The highest BCUT2D eigenvalue weighted by Gasteiger charge is 2.27. The third-order valence-corrected chi connectivity index (χ3v) is 2.37. The predicted molar refractivity (Wildman–Crippen MR) is 50.0 cm³/mol. The molecule has 0 spiro atoms. The fourth-order valence-electron chi connectivity index (χ4n) is 1.56. The molecule has 0 aromatic rings. The molecule has 0 aromatic heterocycles. The van der Waals surface area contributed by atoms with Crippen molar-refractivity contribution in [3.63, 3.8) is 0 Å². The second-order valence-electron chi connectivity index (χ2n) is 3.80. The van der Waals surface area contributed by atoms with Gasteiger partial charge < -0.3 is 9.47 Å². The molecular formula is C10H15F3O3. The van der Waals surface area contributed by atoms with Gasteiger partial charge in [-0.3, -0.25) is 4.79 Å². The number of hydrogen-bond donors (Lipinski definition) is 0. The van der Waals surface area contributed by atoms with Crippen LogP contribution in [0.2, 0.25) is 0 Å². The number of ketones is 1. The van der Waals surface area contributed by atoms with Crippen LogP contribution in [0.5, 0.6) is 0 Å². The Balaban J connectivity index is 2.04. The number of rotatable bonds is 5. The summed E-state index contributed by atoms with van der Waals surface area (Å²) in [4.78, 5) is 11.3. The van der Waals surface area contributed by atoms with Crippen molar-refractivity contribution < 1.29 is 27.4 Å². The molecule has 1 unspecified atom stereocenters. The minimum Gasteiger partial charge on any atom is -0.380 e. The van der Waals surface area contributed by atoms with Gasteiger partial charge in [-0.05, 0) is 12.8 Å². The zero-order chi connectivity index (χ0) is 12.0. The first-order valence-corrected chi connectivity index (χ1v) is 5.24. The number of carbonyl (C=O) groups is 1. The van der Waals surface area contributed by atoms with E-state index in [0.29, 0.717) is 32.5 Å². The van der Waals surface area contributed by atoms with Crippen molar-refractivity contribution in [1.82, 2.24) is 0 Å². The molecule has 1 saturated heterocycles. The van der Waals surface area contributed by atoms with Gasteiger partial charge in [-0.25, -0.2) is 0 Å². The fourth-order valence-corrected chi connectivity index (χ4v) is 1.56. The standard InChI is InChI=1S/C10H15F3O3/c11-10(12,13)7-16-4-1-2-8-6-15-5-3-9(8)14/h8H,1-7H2.